The molecule has 0 radical (unpaired) electrons. The first-order chi connectivity index (χ1) is 6.48. The molecule has 4 nitrogen and oxygen atoms in total. The van der Waals surface area contributed by atoms with Crippen molar-refractivity contribution in [3.05, 3.63) is 11.6 Å². The third-order valence-corrected chi connectivity index (χ3v) is 2.04. The number of aromatic amines is 1. The van der Waals surface area contributed by atoms with Crippen molar-refractivity contribution in [2.24, 2.45) is 0 Å². The van der Waals surface area contributed by atoms with E-state index < -0.39 is 18.1 Å². The summed E-state index contributed by atoms with van der Waals surface area (Å²) >= 11 is 0. The monoisotopic (exact) mass is 207 g/mol. The SMILES string of the molecule is O[C@@H](c1n[nH]c(C2CC2)n1)C(F)(F)F. The Hall–Kier alpha value is -1.11. The van der Waals surface area contributed by atoms with Crippen LogP contribution in [0, 0.1) is 0 Å². The van der Waals surface area contributed by atoms with Crippen LogP contribution in [0.2, 0.25) is 0 Å². The summed E-state index contributed by atoms with van der Waals surface area (Å²) in [4.78, 5) is 3.60. The first kappa shape index (κ1) is 9.45. The molecule has 1 atom stereocenters. The van der Waals surface area contributed by atoms with E-state index in [-0.39, 0.29) is 5.92 Å². The van der Waals surface area contributed by atoms with Gasteiger partial charge in [0.15, 0.2) is 5.82 Å². The average molecular weight is 207 g/mol. The number of hydrogen-bond acceptors (Lipinski definition) is 3. The fourth-order valence-electron chi connectivity index (χ4n) is 1.10. The summed E-state index contributed by atoms with van der Waals surface area (Å²) < 4.78 is 36.1. The zero-order valence-electron chi connectivity index (χ0n) is 7.04. The second-order valence-corrected chi connectivity index (χ2v) is 3.30. The molecule has 2 N–H and O–H groups in total. The Labute approximate surface area is 77.2 Å². The molecule has 1 aromatic rings. The highest BCUT2D eigenvalue weighted by atomic mass is 19.4. The lowest BCUT2D eigenvalue weighted by atomic mass is 10.3. The number of alkyl halides is 3. The van der Waals surface area contributed by atoms with E-state index in [2.05, 4.69) is 15.2 Å². The number of hydrogen-bond donors (Lipinski definition) is 2. The van der Waals surface area contributed by atoms with Crippen molar-refractivity contribution in [3.63, 3.8) is 0 Å². The summed E-state index contributed by atoms with van der Waals surface area (Å²) in [5.41, 5.74) is 0. The maximum absolute atomic E-state index is 12.0. The molecule has 14 heavy (non-hydrogen) atoms. The van der Waals surface area contributed by atoms with Crippen molar-refractivity contribution in [3.8, 4) is 0 Å². The molecular weight excluding hydrogens is 199 g/mol. The number of aliphatic hydroxyl groups excluding tert-OH is 1. The quantitative estimate of drug-likeness (QED) is 0.767. The summed E-state index contributed by atoms with van der Waals surface area (Å²) in [6.07, 6.45) is -5.47. The Morgan fingerprint density at radius 2 is 2.07 bits per heavy atom. The molecule has 1 aliphatic rings. The fraction of sp³-hybridized carbons (Fsp3) is 0.714. The van der Waals surface area contributed by atoms with E-state index in [1.807, 2.05) is 0 Å². The van der Waals surface area contributed by atoms with Crippen molar-refractivity contribution in [1.82, 2.24) is 15.2 Å². The standard InChI is InChI=1S/C7H8F3N3O/c8-7(9,10)4(14)6-11-5(12-13-6)3-1-2-3/h3-4,14H,1-2H2,(H,11,12,13)/t4-/m0/s1. The predicted molar refractivity (Wildman–Crippen MR) is 39.4 cm³/mol. The van der Waals surface area contributed by atoms with E-state index in [1.165, 1.54) is 0 Å². The van der Waals surface area contributed by atoms with E-state index >= 15 is 0 Å². The number of H-pyrrole nitrogens is 1. The molecule has 1 aromatic heterocycles. The molecular formula is C7H8F3N3O. The minimum absolute atomic E-state index is 0.191. The molecule has 0 bridgehead atoms. The largest absolute Gasteiger partial charge is 0.421 e. The molecule has 1 aliphatic carbocycles. The van der Waals surface area contributed by atoms with E-state index in [1.54, 1.807) is 0 Å². The maximum Gasteiger partial charge on any atom is 0.421 e. The van der Waals surface area contributed by atoms with E-state index in [4.69, 9.17) is 5.11 Å². The Balaban J connectivity index is 2.15. The van der Waals surface area contributed by atoms with Crippen LogP contribution in [0.3, 0.4) is 0 Å². The van der Waals surface area contributed by atoms with Gasteiger partial charge in [-0.05, 0) is 12.8 Å². The van der Waals surface area contributed by atoms with Gasteiger partial charge in [-0.25, -0.2) is 4.98 Å². The van der Waals surface area contributed by atoms with Gasteiger partial charge in [-0.3, -0.25) is 5.10 Å². The molecule has 2 rings (SSSR count). The van der Waals surface area contributed by atoms with Gasteiger partial charge < -0.3 is 5.11 Å². The van der Waals surface area contributed by atoms with Gasteiger partial charge in [0.1, 0.15) is 5.82 Å². The Bertz CT molecular complexity index is 331. The van der Waals surface area contributed by atoms with Gasteiger partial charge in [0.2, 0.25) is 6.10 Å². The van der Waals surface area contributed by atoms with Crippen LogP contribution in [0.25, 0.3) is 0 Å². The molecule has 1 heterocycles. The van der Waals surface area contributed by atoms with Gasteiger partial charge in [0.25, 0.3) is 0 Å². The zero-order valence-corrected chi connectivity index (χ0v) is 7.04. The minimum Gasteiger partial charge on any atom is -0.377 e. The van der Waals surface area contributed by atoms with Crippen LogP contribution in [-0.4, -0.2) is 26.5 Å². The van der Waals surface area contributed by atoms with E-state index in [9.17, 15) is 13.2 Å². The summed E-state index contributed by atoms with van der Waals surface area (Å²) in [7, 11) is 0. The smallest absolute Gasteiger partial charge is 0.377 e. The van der Waals surface area contributed by atoms with Crippen molar-refractivity contribution >= 4 is 0 Å². The normalized spacial score (nSPS) is 19.7. The van der Waals surface area contributed by atoms with Crippen LogP contribution < -0.4 is 0 Å². The van der Waals surface area contributed by atoms with Gasteiger partial charge in [0.05, 0.1) is 0 Å². The molecule has 0 spiro atoms. The van der Waals surface area contributed by atoms with Crippen molar-refractivity contribution in [2.45, 2.75) is 31.0 Å². The van der Waals surface area contributed by atoms with Crippen LogP contribution in [-0.2, 0) is 0 Å². The maximum atomic E-state index is 12.0. The van der Waals surface area contributed by atoms with Gasteiger partial charge in [0, 0.05) is 5.92 Å². The third kappa shape index (κ3) is 1.72. The first-order valence-electron chi connectivity index (χ1n) is 4.15. The second kappa shape index (κ2) is 2.94. The highest BCUT2D eigenvalue weighted by molar-refractivity contribution is 5.06. The van der Waals surface area contributed by atoms with Gasteiger partial charge in [-0.15, -0.1) is 0 Å². The molecule has 1 fully saturated rings. The molecule has 7 heteroatoms. The lowest BCUT2D eigenvalue weighted by Gasteiger charge is -2.09. The van der Waals surface area contributed by atoms with E-state index in [0.717, 1.165) is 12.8 Å². The molecule has 0 aliphatic heterocycles. The molecule has 0 amide bonds. The van der Waals surface area contributed by atoms with Crippen molar-refractivity contribution < 1.29 is 18.3 Å². The second-order valence-electron chi connectivity index (χ2n) is 3.30. The highest BCUT2D eigenvalue weighted by Gasteiger charge is 2.42. The summed E-state index contributed by atoms with van der Waals surface area (Å²) in [5, 5.41) is 14.5. The summed E-state index contributed by atoms with van der Waals surface area (Å²) in [6, 6.07) is 0. The zero-order chi connectivity index (χ0) is 10.3. The molecule has 1 saturated carbocycles. The Kier molecular flexibility index (Phi) is 1.99. The number of aliphatic hydroxyl groups is 1. The van der Waals surface area contributed by atoms with Gasteiger partial charge >= 0.3 is 6.18 Å². The van der Waals surface area contributed by atoms with Crippen LogP contribution in [0.15, 0.2) is 0 Å². The van der Waals surface area contributed by atoms with Crippen LogP contribution >= 0.6 is 0 Å². The molecule has 78 valence electrons. The third-order valence-electron chi connectivity index (χ3n) is 2.04. The Morgan fingerprint density at radius 3 is 2.57 bits per heavy atom. The van der Waals surface area contributed by atoms with Crippen molar-refractivity contribution in [2.75, 3.05) is 0 Å². The van der Waals surface area contributed by atoms with Gasteiger partial charge in [-0.1, -0.05) is 0 Å². The topological polar surface area (TPSA) is 61.8 Å². The van der Waals surface area contributed by atoms with Crippen LogP contribution in [0.4, 0.5) is 13.2 Å². The lowest BCUT2D eigenvalue weighted by molar-refractivity contribution is -0.209. The predicted octanol–water partition coefficient (Wildman–Crippen LogP) is 1.28. The molecule has 0 aromatic carbocycles. The summed E-state index contributed by atoms with van der Waals surface area (Å²) in [6.45, 7) is 0. The minimum atomic E-state index is -4.71. The lowest BCUT2D eigenvalue weighted by Crippen LogP contribution is -2.21. The number of nitrogens with zero attached hydrogens (tertiary/aromatic N) is 2. The van der Waals surface area contributed by atoms with Gasteiger partial charge in [-0.2, -0.15) is 18.3 Å². The van der Waals surface area contributed by atoms with E-state index in [0.29, 0.717) is 5.82 Å². The van der Waals surface area contributed by atoms with Crippen LogP contribution in [0.1, 0.15) is 36.5 Å². The Morgan fingerprint density at radius 1 is 1.43 bits per heavy atom. The number of rotatable bonds is 2. The average Bonchev–Trinajstić information content (AvgIpc) is 2.82. The summed E-state index contributed by atoms with van der Waals surface area (Å²) in [5.74, 6) is 0.0272. The fourth-order valence-corrected chi connectivity index (χ4v) is 1.10. The first-order valence-corrected chi connectivity index (χ1v) is 4.15. The molecule has 0 unspecified atom stereocenters. The number of aromatic nitrogens is 3. The highest BCUT2D eigenvalue weighted by Crippen LogP contribution is 2.39. The van der Waals surface area contributed by atoms with Crippen molar-refractivity contribution in [1.29, 1.82) is 0 Å². The van der Waals surface area contributed by atoms with Crippen LogP contribution in [0.5, 0.6) is 0 Å². The number of nitrogens with one attached hydrogen (secondary N) is 1. The number of halogens is 3. The molecule has 0 saturated heterocycles.